The van der Waals surface area contributed by atoms with E-state index in [-0.39, 0.29) is 6.54 Å². The fraction of sp³-hybridized carbons (Fsp3) is 0.692. The molecule has 3 unspecified atom stereocenters. The van der Waals surface area contributed by atoms with Crippen LogP contribution in [0.3, 0.4) is 0 Å². The summed E-state index contributed by atoms with van der Waals surface area (Å²) in [6.45, 7) is 2.41. The molecule has 0 heterocycles. The van der Waals surface area contributed by atoms with Gasteiger partial charge < -0.3 is 26.8 Å². The number of carbonyl (C=O) groups is 4. The molecular weight excluding hydrogens is 324 g/mol. The normalized spacial score (nSPS) is 14.3. The first-order valence-electron chi connectivity index (χ1n) is 7.03. The molecule has 6 N–H and O–H groups in total. The smallest absolute Gasteiger partial charge is 0.325 e. The molecule has 3 atom stereocenters. The molecule has 0 aliphatic heterocycles. The van der Waals surface area contributed by atoms with E-state index in [9.17, 15) is 19.2 Å². The summed E-state index contributed by atoms with van der Waals surface area (Å²) >= 11 is 1.56. The molecule has 0 aromatic carbocycles. The summed E-state index contributed by atoms with van der Waals surface area (Å²) in [5.74, 6) is -2.08. The predicted molar refractivity (Wildman–Crippen MR) is 86.8 cm³/mol. The van der Waals surface area contributed by atoms with Crippen molar-refractivity contribution >= 4 is 35.5 Å². The number of aliphatic carboxylic acids is 1. The van der Waals surface area contributed by atoms with Crippen LogP contribution in [0.2, 0.25) is 0 Å². The van der Waals surface area contributed by atoms with Crippen molar-refractivity contribution in [3.8, 4) is 0 Å². The summed E-state index contributed by atoms with van der Waals surface area (Å²) in [4.78, 5) is 45.6. The molecule has 0 aromatic heterocycles. The Morgan fingerprint density at radius 1 is 1.09 bits per heavy atom. The highest BCUT2D eigenvalue weighted by Gasteiger charge is 2.21. The highest BCUT2D eigenvalue weighted by Crippen LogP contribution is 1.98. The summed E-state index contributed by atoms with van der Waals surface area (Å²) in [7, 11) is 0. The minimum atomic E-state index is -1.18. The first-order chi connectivity index (χ1) is 10.7. The zero-order valence-electron chi connectivity index (χ0n) is 13.4. The molecule has 0 bridgehead atoms. The molecule has 0 rings (SSSR count). The first kappa shape index (κ1) is 21.2. The Hall–Kier alpha value is -1.81. The van der Waals surface area contributed by atoms with E-state index < -0.39 is 41.8 Å². The van der Waals surface area contributed by atoms with Gasteiger partial charge in [-0.1, -0.05) is 0 Å². The average Bonchev–Trinajstić information content (AvgIpc) is 2.49. The minimum Gasteiger partial charge on any atom is -0.480 e. The zero-order valence-corrected chi connectivity index (χ0v) is 14.2. The Morgan fingerprint density at radius 3 is 2.22 bits per heavy atom. The molecular formula is C13H24N4O5S. The number of hydrogen-bond acceptors (Lipinski definition) is 6. The summed E-state index contributed by atoms with van der Waals surface area (Å²) in [6.07, 6.45) is 2.40. The summed E-state index contributed by atoms with van der Waals surface area (Å²) in [5, 5.41) is 15.7. The van der Waals surface area contributed by atoms with Crippen LogP contribution in [0.25, 0.3) is 0 Å². The maximum absolute atomic E-state index is 11.7. The SMILES string of the molecule is CSCCC(N)C(=O)NCC(=O)NC(C)C(=O)NC(C)C(=O)O. The van der Waals surface area contributed by atoms with Crippen LogP contribution in [0.15, 0.2) is 0 Å². The van der Waals surface area contributed by atoms with Gasteiger partial charge in [0.15, 0.2) is 0 Å². The fourth-order valence-electron chi connectivity index (χ4n) is 1.43. The summed E-state index contributed by atoms with van der Waals surface area (Å²) in [5.41, 5.74) is 5.65. The van der Waals surface area contributed by atoms with Crippen LogP contribution in [0.4, 0.5) is 0 Å². The Kier molecular flexibility index (Phi) is 9.99. The quantitative estimate of drug-likeness (QED) is 0.315. The van der Waals surface area contributed by atoms with Gasteiger partial charge in [0.2, 0.25) is 17.7 Å². The number of rotatable bonds is 10. The number of hydrogen-bond donors (Lipinski definition) is 5. The summed E-state index contributed by atoms with van der Waals surface area (Å²) < 4.78 is 0. The number of amides is 3. The van der Waals surface area contributed by atoms with E-state index >= 15 is 0 Å². The maximum atomic E-state index is 11.7. The topological polar surface area (TPSA) is 151 Å². The standard InChI is InChI=1S/C13H24N4O5S/c1-7(11(19)17-8(2)13(21)22)16-10(18)6-15-12(20)9(14)4-5-23-3/h7-9H,4-6,14H2,1-3H3,(H,15,20)(H,16,18)(H,17,19)(H,21,22). The van der Waals surface area contributed by atoms with Crippen LogP contribution < -0.4 is 21.7 Å². The molecule has 3 amide bonds. The Bertz CT molecular complexity index is 446. The lowest BCUT2D eigenvalue weighted by atomic mass is 10.2. The fourth-order valence-corrected chi connectivity index (χ4v) is 1.92. The first-order valence-corrected chi connectivity index (χ1v) is 8.43. The van der Waals surface area contributed by atoms with Crippen LogP contribution in [0.5, 0.6) is 0 Å². The van der Waals surface area contributed by atoms with E-state index in [2.05, 4.69) is 16.0 Å². The largest absolute Gasteiger partial charge is 0.480 e. The third-order valence-electron chi connectivity index (χ3n) is 2.89. The molecule has 23 heavy (non-hydrogen) atoms. The molecule has 0 aromatic rings. The van der Waals surface area contributed by atoms with Crippen molar-refractivity contribution in [1.29, 1.82) is 0 Å². The highest BCUT2D eigenvalue weighted by atomic mass is 32.2. The monoisotopic (exact) mass is 348 g/mol. The van der Waals surface area contributed by atoms with Gasteiger partial charge in [0.25, 0.3) is 0 Å². The van der Waals surface area contributed by atoms with Gasteiger partial charge in [-0.3, -0.25) is 19.2 Å². The molecule has 0 aliphatic rings. The van der Waals surface area contributed by atoms with E-state index in [1.54, 1.807) is 11.8 Å². The highest BCUT2D eigenvalue weighted by molar-refractivity contribution is 7.98. The lowest BCUT2D eigenvalue weighted by molar-refractivity contribution is -0.141. The van der Waals surface area contributed by atoms with Crippen molar-refractivity contribution in [3.63, 3.8) is 0 Å². The van der Waals surface area contributed by atoms with Crippen LogP contribution in [-0.4, -0.2) is 65.5 Å². The van der Waals surface area contributed by atoms with Gasteiger partial charge in [-0.25, -0.2) is 0 Å². The van der Waals surface area contributed by atoms with Crippen molar-refractivity contribution in [2.75, 3.05) is 18.6 Å². The number of carboxylic acids is 1. The van der Waals surface area contributed by atoms with Gasteiger partial charge in [0, 0.05) is 0 Å². The van der Waals surface area contributed by atoms with Gasteiger partial charge in [0.1, 0.15) is 12.1 Å². The number of nitrogens with one attached hydrogen (secondary N) is 3. The number of carbonyl (C=O) groups excluding carboxylic acids is 3. The second kappa shape index (κ2) is 10.8. The van der Waals surface area contributed by atoms with Crippen LogP contribution in [0.1, 0.15) is 20.3 Å². The molecule has 0 saturated heterocycles. The average molecular weight is 348 g/mol. The second-order valence-electron chi connectivity index (χ2n) is 4.96. The van der Waals surface area contributed by atoms with Gasteiger partial charge in [-0.15, -0.1) is 0 Å². The minimum absolute atomic E-state index is 0.308. The molecule has 132 valence electrons. The van der Waals surface area contributed by atoms with Gasteiger partial charge in [0.05, 0.1) is 12.6 Å². The lowest BCUT2D eigenvalue weighted by Gasteiger charge is -2.17. The zero-order chi connectivity index (χ0) is 18.0. The molecule has 0 aliphatic carbocycles. The van der Waals surface area contributed by atoms with Gasteiger partial charge >= 0.3 is 5.97 Å². The summed E-state index contributed by atoms with van der Waals surface area (Å²) in [6, 6.07) is -2.67. The number of thioether (sulfide) groups is 1. The third kappa shape index (κ3) is 9.04. The maximum Gasteiger partial charge on any atom is 0.325 e. The van der Waals surface area contributed by atoms with Crippen molar-refractivity contribution in [2.24, 2.45) is 5.73 Å². The van der Waals surface area contributed by atoms with Crippen molar-refractivity contribution in [3.05, 3.63) is 0 Å². The Balaban J connectivity index is 4.16. The van der Waals surface area contributed by atoms with Crippen LogP contribution in [-0.2, 0) is 19.2 Å². The third-order valence-corrected chi connectivity index (χ3v) is 3.54. The van der Waals surface area contributed by atoms with E-state index in [1.165, 1.54) is 13.8 Å². The van der Waals surface area contributed by atoms with Crippen molar-refractivity contribution in [2.45, 2.75) is 38.4 Å². The molecule has 0 fully saturated rings. The Labute approximate surface area is 139 Å². The molecule has 0 saturated carbocycles. The molecule has 9 nitrogen and oxygen atoms in total. The van der Waals surface area contributed by atoms with E-state index in [4.69, 9.17) is 10.8 Å². The van der Waals surface area contributed by atoms with Gasteiger partial charge in [-0.2, -0.15) is 11.8 Å². The van der Waals surface area contributed by atoms with Gasteiger partial charge in [-0.05, 0) is 32.3 Å². The number of carboxylic acid groups (broad SMARTS) is 1. The second-order valence-corrected chi connectivity index (χ2v) is 5.95. The predicted octanol–water partition coefficient (Wildman–Crippen LogP) is -1.72. The Morgan fingerprint density at radius 2 is 1.70 bits per heavy atom. The molecule has 10 heteroatoms. The lowest BCUT2D eigenvalue weighted by Crippen LogP contribution is -2.52. The van der Waals surface area contributed by atoms with E-state index in [0.29, 0.717) is 6.42 Å². The van der Waals surface area contributed by atoms with Crippen LogP contribution >= 0.6 is 11.8 Å². The number of nitrogens with two attached hydrogens (primary N) is 1. The van der Waals surface area contributed by atoms with E-state index in [0.717, 1.165) is 5.75 Å². The van der Waals surface area contributed by atoms with Crippen LogP contribution in [0, 0.1) is 0 Å². The van der Waals surface area contributed by atoms with E-state index in [1.807, 2.05) is 6.26 Å². The molecule has 0 radical (unpaired) electrons. The molecule has 0 spiro atoms. The van der Waals surface area contributed by atoms with Crippen molar-refractivity contribution in [1.82, 2.24) is 16.0 Å². The van der Waals surface area contributed by atoms with Crippen molar-refractivity contribution < 1.29 is 24.3 Å².